The van der Waals surface area contributed by atoms with Gasteiger partial charge in [0.05, 0.1) is 22.8 Å². The minimum absolute atomic E-state index is 0.190. The molecule has 1 aliphatic carbocycles. The highest BCUT2D eigenvalue weighted by Gasteiger charge is 2.76. The number of aryl methyl sites for hydroxylation is 2. The van der Waals surface area contributed by atoms with Gasteiger partial charge >= 0.3 is 5.97 Å². The number of rotatable bonds is 8. The van der Waals surface area contributed by atoms with Crippen LogP contribution < -0.4 is 10.6 Å². The van der Waals surface area contributed by atoms with Crippen LogP contribution >= 0.6 is 11.3 Å². The Balaban J connectivity index is 1.31. The molecule has 0 saturated heterocycles. The van der Waals surface area contributed by atoms with Gasteiger partial charge in [0, 0.05) is 29.2 Å². The van der Waals surface area contributed by atoms with Crippen LogP contribution in [0.25, 0.3) is 22.7 Å². The fourth-order valence-corrected chi connectivity index (χ4v) is 4.62. The van der Waals surface area contributed by atoms with E-state index in [9.17, 15) is 18.4 Å². The molecule has 1 saturated carbocycles. The summed E-state index contributed by atoms with van der Waals surface area (Å²) in [5.41, 5.74) is 4.07. The van der Waals surface area contributed by atoms with Crippen molar-refractivity contribution in [3.05, 3.63) is 58.2 Å². The molecule has 190 valence electrons. The van der Waals surface area contributed by atoms with E-state index in [-0.39, 0.29) is 5.69 Å². The number of alkyl halides is 2. The van der Waals surface area contributed by atoms with E-state index < -0.39 is 29.6 Å². The molecular weight excluding hydrogens is 506 g/mol. The third-order valence-corrected chi connectivity index (χ3v) is 6.74. The summed E-state index contributed by atoms with van der Waals surface area (Å²) >= 11 is 1.58. The summed E-state index contributed by atoms with van der Waals surface area (Å²) in [4.78, 5) is 36.4. The molecule has 0 radical (unpaired) electrons. The Morgan fingerprint density at radius 2 is 1.92 bits per heavy atom. The molecule has 4 aromatic rings. The lowest BCUT2D eigenvalue weighted by atomic mass is 10.1. The molecule has 13 heteroatoms. The molecule has 1 aliphatic rings. The highest BCUT2D eigenvalue weighted by atomic mass is 32.1. The Bertz CT molecular complexity index is 1490. The van der Waals surface area contributed by atoms with E-state index in [0.29, 0.717) is 35.3 Å². The lowest BCUT2D eigenvalue weighted by molar-refractivity contribution is -0.141. The van der Waals surface area contributed by atoms with E-state index in [1.54, 1.807) is 37.4 Å². The van der Waals surface area contributed by atoms with Gasteiger partial charge in [-0.05, 0) is 43.5 Å². The Kier molecular flexibility index (Phi) is 6.15. The summed E-state index contributed by atoms with van der Waals surface area (Å²) in [7, 11) is 0. The summed E-state index contributed by atoms with van der Waals surface area (Å²) in [5, 5.41) is 22.4. The second-order valence-electron chi connectivity index (χ2n) is 8.49. The number of nitrogens with zero attached hydrogens (tertiary/aromatic N) is 4. The molecular formula is C24H20F2N6O4S. The van der Waals surface area contributed by atoms with Crippen LogP contribution in [0.3, 0.4) is 0 Å². The number of halogens is 2. The number of pyridine rings is 1. The maximum atomic E-state index is 13.7. The number of aliphatic carboxylic acids is 1. The zero-order chi connectivity index (χ0) is 26.3. The van der Waals surface area contributed by atoms with Crippen LogP contribution in [0.1, 0.15) is 17.0 Å². The molecule has 2 atom stereocenters. The predicted octanol–water partition coefficient (Wildman–Crippen LogP) is 4.39. The molecule has 1 amide bonds. The number of carbonyl (C=O) groups is 2. The van der Waals surface area contributed by atoms with Gasteiger partial charge in [-0.2, -0.15) is 11.3 Å². The van der Waals surface area contributed by atoms with Crippen LogP contribution in [0.15, 0.2) is 45.7 Å². The number of aromatic nitrogens is 4. The summed E-state index contributed by atoms with van der Waals surface area (Å²) in [6.07, 6.45) is 1.66. The molecule has 2 unspecified atom stereocenters. The van der Waals surface area contributed by atoms with Gasteiger partial charge in [0.2, 0.25) is 11.9 Å². The van der Waals surface area contributed by atoms with Gasteiger partial charge in [-0.25, -0.2) is 23.7 Å². The van der Waals surface area contributed by atoms with Crippen molar-refractivity contribution in [3.63, 3.8) is 0 Å². The molecule has 37 heavy (non-hydrogen) atoms. The smallest absolute Gasteiger partial charge is 0.313 e. The SMILES string of the molecule is Cc1nc(-c2onc(C)c2CNc2nccc(-c3ccsc3)n2)ccc1NC(=O)C1C(C(=O)O)C1(F)F. The van der Waals surface area contributed by atoms with E-state index in [1.807, 2.05) is 22.9 Å². The molecule has 1 fully saturated rings. The number of amides is 1. The maximum Gasteiger partial charge on any atom is 0.313 e. The van der Waals surface area contributed by atoms with Crippen molar-refractivity contribution in [2.75, 3.05) is 10.6 Å². The van der Waals surface area contributed by atoms with Gasteiger partial charge in [0.25, 0.3) is 5.92 Å². The average molecular weight is 527 g/mol. The standard InChI is InChI=1S/C24H20F2N6O4S/c1-11-14(9-28-23-27-7-5-16(31-23)13-6-8-37-10-13)20(36-32-11)17-4-3-15(12(2)29-17)30-21(33)18-19(22(34)35)24(18,25)26/h3-8,10,18-19H,9H2,1-2H3,(H,30,33)(H,34,35)(H,27,28,31). The first-order valence-corrected chi connectivity index (χ1v) is 12.0. The van der Waals surface area contributed by atoms with Crippen LogP contribution in [-0.2, 0) is 16.1 Å². The monoisotopic (exact) mass is 526 g/mol. The van der Waals surface area contributed by atoms with Crippen LogP contribution in [-0.4, -0.2) is 43.0 Å². The largest absolute Gasteiger partial charge is 0.481 e. The van der Waals surface area contributed by atoms with Crippen molar-refractivity contribution in [1.29, 1.82) is 0 Å². The molecule has 0 bridgehead atoms. The third-order valence-electron chi connectivity index (χ3n) is 6.06. The summed E-state index contributed by atoms with van der Waals surface area (Å²) in [5.74, 6) is -9.49. The molecule has 10 nitrogen and oxygen atoms in total. The quantitative estimate of drug-likeness (QED) is 0.305. The van der Waals surface area contributed by atoms with Gasteiger partial charge in [-0.15, -0.1) is 0 Å². The fraction of sp³-hybridized carbons (Fsp3) is 0.250. The number of carboxylic acid groups (broad SMARTS) is 1. The first-order valence-electron chi connectivity index (χ1n) is 11.1. The summed E-state index contributed by atoms with van der Waals surface area (Å²) < 4.78 is 32.9. The third kappa shape index (κ3) is 4.65. The second kappa shape index (κ2) is 9.32. The number of carbonyl (C=O) groups excluding carboxylic acids is 1. The highest BCUT2D eigenvalue weighted by Crippen LogP contribution is 2.55. The van der Waals surface area contributed by atoms with Gasteiger partial charge in [-0.3, -0.25) is 9.59 Å². The number of nitrogens with one attached hydrogen (secondary N) is 2. The van der Waals surface area contributed by atoms with E-state index >= 15 is 0 Å². The number of anilines is 2. The van der Waals surface area contributed by atoms with Crippen LogP contribution in [0.4, 0.5) is 20.4 Å². The molecule has 0 aliphatic heterocycles. The zero-order valence-electron chi connectivity index (χ0n) is 19.5. The molecule has 0 aromatic carbocycles. The fourth-order valence-electron chi connectivity index (χ4n) is 3.97. The van der Waals surface area contributed by atoms with Crippen LogP contribution in [0.2, 0.25) is 0 Å². The number of carboxylic acids is 1. The van der Waals surface area contributed by atoms with Crippen molar-refractivity contribution >= 4 is 34.8 Å². The lowest BCUT2D eigenvalue weighted by Crippen LogP contribution is -2.19. The highest BCUT2D eigenvalue weighted by molar-refractivity contribution is 7.08. The van der Waals surface area contributed by atoms with Crippen molar-refractivity contribution < 1.29 is 28.0 Å². The molecule has 5 rings (SSSR count). The van der Waals surface area contributed by atoms with Gasteiger partial charge in [0.1, 0.15) is 17.5 Å². The Hall–Kier alpha value is -4.26. The summed E-state index contributed by atoms with van der Waals surface area (Å²) in [6.45, 7) is 3.66. The van der Waals surface area contributed by atoms with Crippen molar-refractivity contribution in [2.45, 2.75) is 26.3 Å². The number of thiophene rings is 1. The molecule has 3 N–H and O–H groups in total. The second-order valence-corrected chi connectivity index (χ2v) is 9.27. The Morgan fingerprint density at radius 1 is 1.11 bits per heavy atom. The van der Waals surface area contributed by atoms with Crippen molar-refractivity contribution in [2.24, 2.45) is 11.8 Å². The minimum atomic E-state index is -3.58. The normalized spacial score (nSPS) is 17.8. The average Bonchev–Trinajstić information content (AvgIpc) is 3.22. The van der Waals surface area contributed by atoms with Crippen molar-refractivity contribution in [1.82, 2.24) is 20.1 Å². The van der Waals surface area contributed by atoms with Gasteiger partial charge < -0.3 is 20.3 Å². The molecule has 4 heterocycles. The first kappa shape index (κ1) is 24.4. The van der Waals surface area contributed by atoms with Gasteiger partial charge in [-0.1, -0.05) is 5.16 Å². The maximum absolute atomic E-state index is 13.7. The lowest BCUT2D eigenvalue weighted by Gasteiger charge is -2.10. The Labute approximate surface area is 212 Å². The van der Waals surface area contributed by atoms with E-state index in [0.717, 1.165) is 16.8 Å². The van der Waals surface area contributed by atoms with Gasteiger partial charge in [0.15, 0.2) is 5.76 Å². The topological polar surface area (TPSA) is 143 Å². The first-order chi connectivity index (χ1) is 17.7. The zero-order valence-corrected chi connectivity index (χ0v) is 20.3. The van der Waals surface area contributed by atoms with Crippen LogP contribution in [0.5, 0.6) is 0 Å². The van der Waals surface area contributed by atoms with E-state index in [1.165, 1.54) is 6.07 Å². The van der Waals surface area contributed by atoms with Crippen molar-refractivity contribution in [3.8, 4) is 22.7 Å². The van der Waals surface area contributed by atoms with Crippen LogP contribution in [0, 0.1) is 25.7 Å². The summed E-state index contributed by atoms with van der Waals surface area (Å²) in [6, 6.07) is 6.84. The van der Waals surface area contributed by atoms with E-state index in [2.05, 4.69) is 30.7 Å². The minimum Gasteiger partial charge on any atom is -0.481 e. The Morgan fingerprint density at radius 3 is 2.59 bits per heavy atom. The van der Waals surface area contributed by atoms with E-state index in [4.69, 9.17) is 9.63 Å². The predicted molar refractivity (Wildman–Crippen MR) is 130 cm³/mol. The number of hydrogen-bond donors (Lipinski definition) is 3. The molecule has 0 spiro atoms. The molecule has 4 aromatic heterocycles. The number of hydrogen-bond acceptors (Lipinski definition) is 9.